The Morgan fingerprint density at radius 1 is 1.19 bits per heavy atom. The number of nitrogens with zero attached hydrogens (tertiary/aromatic N) is 3. The van der Waals surface area contributed by atoms with E-state index in [-0.39, 0.29) is 29.7 Å². The van der Waals surface area contributed by atoms with E-state index in [9.17, 15) is 14.7 Å². The Kier molecular flexibility index (Phi) is 7.65. The van der Waals surface area contributed by atoms with Crippen molar-refractivity contribution in [2.75, 3.05) is 10.2 Å². The molecule has 43 heavy (non-hydrogen) atoms. The summed E-state index contributed by atoms with van der Waals surface area (Å²) in [5, 5.41) is 16.4. The van der Waals surface area contributed by atoms with Gasteiger partial charge in [0.15, 0.2) is 5.82 Å². The number of carbonyl (C=O) groups excluding carboxylic acids is 1. The highest BCUT2D eigenvalue weighted by Crippen LogP contribution is 2.42. The summed E-state index contributed by atoms with van der Waals surface area (Å²) < 4.78 is 16.6. The highest BCUT2D eigenvalue weighted by Gasteiger charge is 2.27. The molecule has 9 heteroatoms. The van der Waals surface area contributed by atoms with Gasteiger partial charge in [-0.1, -0.05) is 36.9 Å². The normalized spacial score (nSPS) is 13.9. The van der Waals surface area contributed by atoms with Crippen LogP contribution in [0, 0.1) is 5.82 Å². The van der Waals surface area contributed by atoms with Crippen LogP contribution in [0.25, 0.3) is 17.3 Å². The van der Waals surface area contributed by atoms with Gasteiger partial charge in [-0.3, -0.25) is 9.59 Å². The molecule has 1 aromatic heterocycles. The molecule has 1 aliphatic carbocycles. The molecule has 0 unspecified atom stereocenters. The van der Waals surface area contributed by atoms with Crippen LogP contribution in [-0.4, -0.2) is 20.6 Å². The van der Waals surface area contributed by atoms with Gasteiger partial charge in [0.05, 0.1) is 18.8 Å². The number of hydrogen-bond donors (Lipinski definition) is 3. The van der Waals surface area contributed by atoms with Gasteiger partial charge in [0, 0.05) is 54.1 Å². The number of benzene rings is 3. The van der Waals surface area contributed by atoms with E-state index in [2.05, 4.69) is 28.3 Å². The number of aryl methyl sites for hydroxylation is 1. The first kappa shape index (κ1) is 28.1. The van der Waals surface area contributed by atoms with E-state index < -0.39 is 0 Å². The molecule has 0 radical (unpaired) electrons. The lowest BCUT2D eigenvalue weighted by molar-refractivity contribution is -0.116. The number of rotatable bonds is 9. The fourth-order valence-corrected chi connectivity index (χ4v) is 5.43. The van der Waals surface area contributed by atoms with Crippen LogP contribution in [0.2, 0.25) is 0 Å². The zero-order valence-corrected chi connectivity index (χ0v) is 23.8. The summed E-state index contributed by atoms with van der Waals surface area (Å²) in [5.41, 5.74) is 6.20. The smallest absolute Gasteiger partial charge is 0.293 e. The number of aliphatic hydroxyl groups is 1. The van der Waals surface area contributed by atoms with Crippen molar-refractivity contribution < 1.29 is 14.3 Å². The number of halogens is 1. The molecular weight excluding hydrogens is 545 g/mol. The number of aliphatic hydroxyl groups excluding tert-OH is 1. The Bertz CT molecular complexity index is 1830. The fourth-order valence-electron chi connectivity index (χ4n) is 5.43. The van der Waals surface area contributed by atoms with Crippen LogP contribution in [-0.2, 0) is 31.5 Å². The van der Waals surface area contributed by atoms with Crippen molar-refractivity contribution in [1.29, 1.82) is 0 Å². The van der Waals surface area contributed by atoms with Gasteiger partial charge in [0.25, 0.3) is 5.56 Å². The summed E-state index contributed by atoms with van der Waals surface area (Å²) in [6, 6.07) is 16.7. The first-order chi connectivity index (χ1) is 20.8. The van der Waals surface area contributed by atoms with Gasteiger partial charge in [0.2, 0.25) is 5.91 Å². The summed E-state index contributed by atoms with van der Waals surface area (Å²) in [7, 11) is 1.64. The second-order valence-corrected chi connectivity index (χ2v) is 10.9. The monoisotopic (exact) mass is 577 g/mol. The quantitative estimate of drug-likeness (QED) is 0.228. The summed E-state index contributed by atoms with van der Waals surface area (Å²) in [6.45, 7) is 3.81. The van der Waals surface area contributed by atoms with E-state index in [1.165, 1.54) is 10.6 Å². The molecule has 218 valence electrons. The standard InChI is InChI=1S/C34H32FN5O3/c1-3-32(42)36-17-21-6-4-7-25(14-21)37-33-34(43)39(2)19-30(38-33)26-8-5-9-31(28(26)20-41)40-13-12-23-15-24(22-10-11-22)16-29(35)27(23)18-40/h3-9,12-16,19,22,41H,1,10-11,17-18,20H2,2H3,(H,36,42)(H,37,38). The number of hydrogen-bond acceptors (Lipinski definition) is 6. The minimum Gasteiger partial charge on any atom is -0.392 e. The van der Waals surface area contributed by atoms with Crippen molar-refractivity contribution in [2.24, 2.45) is 7.05 Å². The largest absolute Gasteiger partial charge is 0.392 e. The zero-order valence-electron chi connectivity index (χ0n) is 23.8. The zero-order chi connectivity index (χ0) is 30.1. The van der Waals surface area contributed by atoms with Gasteiger partial charge in [-0.25, -0.2) is 9.37 Å². The predicted octanol–water partition coefficient (Wildman–Crippen LogP) is 5.49. The van der Waals surface area contributed by atoms with E-state index in [1.807, 2.05) is 53.6 Å². The molecule has 1 fully saturated rings. The molecule has 0 spiro atoms. The van der Waals surface area contributed by atoms with Crippen molar-refractivity contribution in [3.05, 3.63) is 124 Å². The molecule has 1 aliphatic heterocycles. The topological polar surface area (TPSA) is 99.5 Å². The van der Waals surface area contributed by atoms with Gasteiger partial charge in [-0.2, -0.15) is 0 Å². The van der Waals surface area contributed by atoms with E-state index in [1.54, 1.807) is 25.4 Å². The van der Waals surface area contributed by atoms with Crippen LogP contribution in [0.4, 0.5) is 21.6 Å². The number of amides is 1. The van der Waals surface area contributed by atoms with Gasteiger partial charge in [0.1, 0.15) is 5.82 Å². The third-order valence-electron chi connectivity index (χ3n) is 7.87. The minimum atomic E-state index is -0.326. The highest BCUT2D eigenvalue weighted by atomic mass is 19.1. The lowest BCUT2D eigenvalue weighted by atomic mass is 9.96. The van der Waals surface area contributed by atoms with Crippen molar-refractivity contribution in [2.45, 2.75) is 38.5 Å². The Balaban J connectivity index is 1.31. The number of fused-ring (bicyclic) bond motifs is 1. The van der Waals surface area contributed by atoms with Crippen LogP contribution in [0.1, 0.15) is 46.6 Å². The summed E-state index contributed by atoms with van der Waals surface area (Å²) in [6.07, 6.45) is 8.90. The molecule has 2 aliphatic rings. The molecule has 3 N–H and O–H groups in total. The Morgan fingerprint density at radius 2 is 2.00 bits per heavy atom. The van der Waals surface area contributed by atoms with Gasteiger partial charge < -0.3 is 25.2 Å². The summed E-state index contributed by atoms with van der Waals surface area (Å²) in [4.78, 5) is 31.2. The SMILES string of the molecule is C=CC(=O)NCc1cccc(Nc2nc(-c3cccc(N4C=Cc5cc(C6CC6)cc(F)c5C4)c3CO)cn(C)c2=O)c1. The van der Waals surface area contributed by atoms with Crippen molar-refractivity contribution in [3.8, 4) is 11.3 Å². The van der Waals surface area contributed by atoms with E-state index >= 15 is 4.39 Å². The molecule has 3 aromatic carbocycles. The molecule has 8 nitrogen and oxygen atoms in total. The van der Waals surface area contributed by atoms with Gasteiger partial charge in [-0.05, 0) is 71.9 Å². The third kappa shape index (κ3) is 5.85. The van der Waals surface area contributed by atoms with Gasteiger partial charge in [-0.15, -0.1) is 0 Å². The summed E-state index contributed by atoms with van der Waals surface area (Å²) >= 11 is 0. The molecule has 0 atom stereocenters. The molecule has 0 saturated heterocycles. The Morgan fingerprint density at radius 3 is 2.77 bits per heavy atom. The molecule has 1 amide bonds. The lowest BCUT2D eigenvalue weighted by Crippen LogP contribution is -2.23. The number of nitrogens with one attached hydrogen (secondary N) is 2. The molecule has 4 aromatic rings. The van der Waals surface area contributed by atoms with Crippen LogP contribution >= 0.6 is 0 Å². The van der Waals surface area contributed by atoms with Crippen LogP contribution in [0.5, 0.6) is 0 Å². The number of anilines is 3. The van der Waals surface area contributed by atoms with Crippen LogP contribution < -0.4 is 21.1 Å². The molecule has 1 saturated carbocycles. The Hall–Kier alpha value is -5.02. The Labute approximate surface area is 248 Å². The second kappa shape index (κ2) is 11.7. The minimum absolute atomic E-state index is 0.113. The first-order valence-corrected chi connectivity index (χ1v) is 14.2. The first-order valence-electron chi connectivity index (χ1n) is 14.2. The fraction of sp³-hybridized carbons (Fsp3) is 0.206. The maximum atomic E-state index is 15.2. The molecule has 2 heterocycles. The summed E-state index contributed by atoms with van der Waals surface area (Å²) in [5.74, 6) is 0.0900. The molecule has 0 bridgehead atoms. The van der Waals surface area contributed by atoms with Crippen LogP contribution in [0.3, 0.4) is 0 Å². The van der Waals surface area contributed by atoms with Gasteiger partial charge >= 0.3 is 0 Å². The maximum Gasteiger partial charge on any atom is 0.293 e. The number of aromatic nitrogens is 2. The van der Waals surface area contributed by atoms with Crippen molar-refractivity contribution >= 4 is 29.2 Å². The average molecular weight is 578 g/mol. The second-order valence-electron chi connectivity index (χ2n) is 10.9. The van der Waals surface area contributed by atoms with Crippen LogP contribution in [0.15, 0.2) is 84.4 Å². The van der Waals surface area contributed by atoms with Crippen molar-refractivity contribution in [1.82, 2.24) is 14.9 Å². The average Bonchev–Trinajstić information content (AvgIpc) is 3.87. The molecule has 6 rings (SSSR count). The van der Waals surface area contributed by atoms with E-state index in [0.717, 1.165) is 35.2 Å². The third-order valence-corrected chi connectivity index (χ3v) is 7.87. The lowest BCUT2D eigenvalue weighted by Gasteiger charge is -2.29. The molecular formula is C34H32FN5O3. The van der Waals surface area contributed by atoms with E-state index in [0.29, 0.717) is 47.1 Å². The predicted molar refractivity (Wildman–Crippen MR) is 166 cm³/mol. The van der Waals surface area contributed by atoms with E-state index in [4.69, 9.17) is 0 Å². The van der Waals surface area contributed by atoms with Crippen molar-refractivity contribution in [3.63, 3.8) is 0 Å². The maximum absolute atomic E-state index is 15.2. The highest BCUT2D eigenvalue weighted by molar-refractivity contribution is 5.86. The number of carbonyl (C=O) groups is 1.